The van der Waals surface area contributed by atoms with Gasteiger partial charge in [-0.2, -0.15) is 0 Å². The number of nitrogens with zero attached hydrogens (tertiary/aromatic N) is 1. The van der Waals surface area contributed by atoms with E-state index in [1.54, 1.807) is 41.3 Å². The van der Waals surface area contributed by atoms with Gasteiger partial charge in [0.25, 0.3) is 0 Å². The average Bonchev–Trinajstić information content (AvgIpc) is 2.81. The smallest absolute Gasteiger partial charge is 0.240 e. The Morgan fingerprint density at radius 3 is 2.09 bits per heavy atom. The van der Waals surface area contributed by atoms with Crippen molar-refractivity contribution in [1.29, 1.82) is 0 Å². The topological polar surface area (TPSA) is 37.4 Å². The predicted octanol–water partition coefficient (Wildman–Crippen LogP) is 6.48. The third kappa shape index (κ3) is 4.13. The summed E-state index contributed by atoms with van der Waals surface area (Å²) in [6.45, 7) is 5.87. The minimum absolute atomic E-state index is 0.198. The summed E-state index contributed by atoms with van der Waals surface area (Å²) in [4.78, 5) is 29.6. The lowest BCUT2D eigenvalue weighted by Crippen LogP contribution is -2.71. The fourth-order valence-electron chi connectivity index (χ4n) is 4.68. The Morgan fingerprint density at radius 2 is 1.52 bits per heavy atom. The van der Waals surface area contributed by atoms with E-state index in [1.165, 1.54) is 12.1 Å². The van der Waals surface area contributed by atoms with Crippen molar-refractivity contribution in [2.24, 2.45) is 5.41 Å². The Kier molecular flexibility index (Phi) is 6.03. The third-order valence-electron chi connectivity index (χ3n) is 6.22. The number of Topliss-reactive ketones (excluding diaryl/α,β-unsaturated/α-hetero) is 1. The molecule has 2 atom stereocenters. The summed E-state index contributed by atoms with van der Waals surface area (Å²) in [5.74, 6) is -0.757. The van der Waals surface area contributed by atoms with Gasteiger partial charge in [-0.05, 0) is 50.5 Å². The van der Waals surface area contributed by atoms with Gasteiger partial charge in [0.1, 0.15) is 11.2 Å². The number of carbonyl (C=O) groups excluding carboxylic acids is 2. The van der Waals surface area contributed by atoms with Crippen molar-refractivity contribution in [1.82, 2.24) is 4.90 Å². The van der Waals surface area contributed by atoms with E-state index in [4.69, 9.17) is 0 Å². The summed E-state index contributed by atoms with van der Waals surface area (Å²) in [6, 6.07) is 24.4. The van der Waals surface area contributed by atoms with Gasteiger partial charge in [0.2, 0.25) is 5.91 Å². The second-order valence-electron chi connectivity index (χ2n) is 9.48. The van der Waals surface area contributed by atoms with E-state index in [2.05, 4.69) is 0 Å². The van der Waals surface area contributed by atoms with Crippen LogP contribution in [0.4, 0.5) is 4.39 Å². The lowest BCUT2D eigenvalue weighted by molar-refractivity contribution is -0.177. The SMILES string of the molecule is CC(C)(C)N1C(=O)[C@](C/C=C/c2ccccc2)(C(=O)c2ccccc2)[C@@H]1c1ccc(F)cc1. The van der Waals surface area contributed by atoms with Crippen LogP contribution in [0.25, 0.3) is 6.08 Å². The van der Waals surface area contributed by atoms with Gasteiger partial charge < -0.3 is 4.90 Å². The molecule has 3 aromatic rings. The molecule has 0 unspecified atom stereocenters. The Labute approximate surface area is 194 Å². The molecular formula is C29H28FNO2. The molecule has 1 aliphatic rings. The Morgan fingerprint density at radius 1 is 0.939 bits per heavy atom. The number of hydrogen-bond donors (Lipinski definition) is 0. The standard InChI is InChI=1S/C29H28FNO2/c1-28(2,3)31-25(22-16-18-24(30)19-17-22)29(27(31)33,26(32)23-14-8-5-9-15-23)20-10-13-21-11-6-4-7-12-21/h4-19,25H,20H2,1-3H3/b13-10+/t25-,29-/m0/s1. The van der Waals surface area contributed by atoms with Gasteiger partial charge in [-0.15, -0.1) is 0 Å². The second-order valence-corrected chi connectivity index (χ2v) is 9.48. The van der Waals surface area contributed by atoms with Gasteiger partial charge in [-0.1, -0.05) is 84.9 Å². The normalized spacial score (nSPS) is 20.7. The van der Waals surface area contributed by atoms with Crippen molar-refractivity contribution >= 4 is 17.8 Å². The van der Waals surface area contributed by atoms with Crippen LogP contribution < -0.4 is 0 Å². The lowest BCUT2D eigenvalue weighted by Gasteiger charge is -2.60. The maximum Gasteiger partial charge on any atom is 0.240 e. The van der Waals surface area contributed by atoms with Gasteiger partial charge in [0.05, 0.1) is 6.04 Å². The maximum absolute atomic E-state index is 14.0. The highest BCUT2D eigenvalue weighted by molar-refractivity contribution is 6.18. The van der Waals surface area contributed by atoms with E-state index < -0.39 is 17.0 Å². The molecule has 0 saturated carbocycles. The Bertz CT molecular complexity index is 1160. The fourth-order valence-corrected chi connectivity index (χ4v) is 4.68. The number of benzene rings is 3. The number of allylic oxidation sites excluding steroid dienone is 1. The summed E-state index contributed by atoms with van der Waals surface area (Å²) < 4.78 is 13.7. The van der Waals surface area contributed by atoms with Crippen molar-refractivity contribution in [2.45, 2.75) is 38.8 Å². The van der Waals surface area contributed by atoms with Crippen molar-refractivity contribution < 1.29 is 14.0 Å². The molecule has 4 heteroatoms. The first-order chi connectivity index (χ1) is 15.7. The van der Waals surface area contributed by atoms with Crippen molar-refractivity contribution in [2.75, 3.05) is 0 Å². The molecule has 0 spiro atoms. The minimum Gasteiger partial charge on any atom is -0.328 e. The highest BCUT2D eigenvalue weighted by Crippen LogP contribution is 2.57. The monoisotopic (exact) mass is 441 g/mol. The molecule has 33 heavy (non-hydrogen) atoms. The van der Waals surface area contributed by atoms with E-state index >= 15 is 0 Å². The van der Waals surface area contributed by atoms with Gasteiger partial charge in [0.15, 0.2) is 5.78 Å². The van der Waals surface area contributed by atoms with Gasteiger partial charge in [-0.3, -0.25) is 9.59 Å². The zero-order valence-corrected chi connectivity index (χ0v) is 19.2. The average molecular weight is 442 g/mol. The molecule has 1 saturated heterocycles. The molecule has 1 fully saturated rings. The molecule has 168 valence electrons. The summed E-state index contributed by atoms with van der Waals surface area (Å²) in [5.41, 5.74) is 0.456. The van der Waals surface area contributed by atoms with Crippen LogP contribution in [0.2, 0.25) is 0 Å². The zero-order chi connectivity index (χ0) is 23.6. The Balaban J connectivity index is 1.83. The molecule has 1 aliphatic heterocycles. The summed E-state index contributed by atoms with van der Waals surface area (Å²) in [6.07, 6.45) is 4.10. The molecule has 3 nitrogen and oxygen atoms in total. The zero-order valence-electron chi connectivity index (χ0n) is 19.2. The molecule has 0 aromatic heterocycles. The van der Waals surface area contributed by atoms with Crippen LogP contribution in [0.15, 0.2) is 91.0 Å². The minimum atomic E-state index is -1.29. The van der Waals surface area contributed by atoms with Crippen LogP contribution in [-0.2, 0) is 4.79 Å². The van der Waals surface area contributed by atoms with Gasteiger partial charge >= 0.3 is 0 Å². The number of amides is 1. The first-order valence-corrected chi connectivity index (χ1v) is 11.2. The quantitative estimate of drug-likeness (QED) is 0.249. The number of likely N-dealkylation sites (tertiary alicyclic amines) is 1. The number of halogens is 1. The van der Waals surface area contributed by atoms with E-state index in [-0.39, 0.29) is 23.9 Å². The molecule has 1 amide bonds. The molecule has 0 radical (unpaired) electrons. The summed E-state index contributed by atoms with van der Waals surface area (Å²) in [5, 5.41) is 0. The van der Waals surface area contributed by atoms with Gasteiger partial charge in [0, 0.05) is 11.1 Å². The molecule has 0 N–H and O–H groups in total. The molecule has 0 bridgehead atoms. The molecule has 3 aromatic carbocycles. The van der Waals surface area contributed by atoms with Crippen molar-refractivity contribution in [3.63, 3.8) is 0 Å². The lowest BCUT2D eigenvalue weighted by atomic mass is 9.60. The highest BCUT2D eigenvalue weighted by atomic mass is 19.1. The largest absolute Gasteiger partial charge is 0.328 e. The van der Waals surface area contributed by atoms with Gasteiger partial charge in [-0.25, -0.2) is 4.39 Å². The van der Waals surface area contributed by atoms with E-state index in [0.717, 1.165) is 11.1 Å². The number of ketones is 1. The number of rotatable bonds is 6. The Hall–Kier alpha value is -3.53. The number of hydrogen-bond acceptors (Lipinski definition) is 2. The molecule has 1 heterocycles. The summed E-state index contributed by atoms with van der Waals surface area (Å²) >= 11 is 0. The fraction of sp³-hybridized carbons (Fsp3) is 0.241. The van der Waals surface area contributed by atoms with E-state index in [9.17, 15) is 14.0 Å². The van der Waals surface area contributed by atoms with Crippen LogP contribution in [-0.4, -0.2) is 22.1 Å². The predicted molar refractivity (Wildman–Crippen MR) is 129 cm³/mol. The molecular weight excluding hydrogens is 413 g/mol. The molecule has 4 rings (SSSR count). The van der Waals surface area contributed by atoms with Crippen molar-refractivity contribution in [3.8, 4) is 0 Å². The van der Waals surface area contributed by atoms with Crippen molar-refractivity contribution in [3.05, 3.63) is 114 Å². The molecule has 0 aliphatic carbocycles. The summed E-state index contributed by atoms with van der Waals surface area (Å²) in [7, 11) is 0. The third-order valence-corrected chi connectivity index (χ3v) is 6.22. The highest BCUT2D eigenvalue weighted by Gasteiger charge is 2.67. The van der Waals surface area contributed by atoms with E-state index in [0.29, 0.717) is 5.56 Å². The second kappa shape index (κ2) is 8.78. The van der Waals surface area contributed by atoms with Crippen LogP contribution in [0.1, 0.15) is 54.7 Å². The van der Waals surface area contributed by atoms with E-state index in [1.807, 2.05) is 69.3 Å². The van der Waals surface area contributed by atoms with Crippen LogP contribution in [0.3, 0.4) is 0 Å². The van der Waals surface area contributed by atoms with Crippen LogP contribution in [0.5, 0.6) is 0 Å². The first kappa shape index (κ1) is 22.7. The first-order valence-electron chi connectivity index (χ1n) is 11.2. The maximum atomic E-state index is 14.0. The number of carbonyl (C=O) groups is 2. The van der Waals surface area contributed by atoms with Crippen LogP contribution in [0, 0.1) is 11.2 Å². The van der Waals surface area contributed by atoms with Crippen LogP contribution >= 0.6 is 0 Å². The number of β-lactam (4-membered cyclic amide) rings is 1.